The van der Waals surface area contributed by atoms with E-state index in [1.54, 1.807) is 64.1 Å². The lowest BCUT2D eigenvalue weighted by atomic mass is 9.94. The van der Waals surface area contributed by atoms with Gasteiger partial charge < -0.3 is 29.7 Å². The molecular formula is C37H54N10O6. The summed E-state index contributed by atoms with van der Waals surface area (Å²) in [6.07, 6.45) is 5.82. The lowest BCUT2D eigenvalue weighted by Gasteiger charge is -2.34. The third-order valence-electron chi connectivity index (χ3n) is 8.40. The third kappa shape index (κ3) is 10.7. The maximum Gasteiger partial charge on any atom is 0.413 e. The molecule has 2 aliphatic heterocycles. The van der Waals surface area contributed by atoms with Gasteiger partial charge in [-0.3, -0.25) is 5.32 Å². The first-order valence-corrected chi connectivity index (χ1v) is 18.2. The highest BCUT2D eigenvalue weighted by molar-refractivity contribution is 5.84. The van der Waals surface area contributed by atoms with E-state index in [0.29, 0.717) is 36.9 Å². The summed E-state index contributed by atoms with van der Waals surface area (Å²) in [4.78, 5) is 49.9. The minimum Gasteiger partial charge on any atom is -0.444 e. The smallest absolute Gasteiger partial charge is 0.413 e. The number of nitrogen functional groups attached to an aromatic ring is 1. The van der Waals surface area contributed by atoms with Gasteiger partial charge in [-0.05, 0) is 88.0 Å². The van der Waals surface area contributed by atoms with Crippen LogP contribution in [0.15, 0.2) is 36.7 Å². The van der Waals surface area contributed by atoms with Crippen molar-refractivity contribution in [3.63, 3.8) is 0 Å². The summed E-state index contributed by atoms with van der Waals surface area (Å²) in [7, 11) is 0. The monoisotopic (exact) mass is 734 g/mol. The molecule has 16 nitrogen and oxygen atoms in total. The SMILES string of the molecule is CC(C)(C)OC(=O)N1CCCC(c2cc(N)n3nccc3n2)C1.CC(C)(C)OC(=O)Nc1cc(C2CCCN(C(=O)OC(C)(C)C)C2)nc2ccnn12. The van der Waals surface area contributed by atoms with Crippen LogP contribution in [-0.4, -0.2) is 100 Å². The van der Waals surface area contributed by atoms with E-state index in [4.69, 9.17) is 24.9 Å². The molecule has 2 unspecified atom stereocenters. The summed E-state index contributed by atoms with van der Waals surface area (Å²) in [6.45, 7) is 19.1. The first-order valence-electron chi connectivity index (χ1n) is 18.2. The summed E-state index contributed by atoms with van der Waals surface area (Å²) in [5.41, 5.74) is 7.46. The molecule has 288 valence electrons. The molecule has 0 spiro atoms. The van der Waals surface area contributed by atoms with E-state index in [9.17, 15) is 14.4 Å². The van der Waals surface area contributed by atoms with Crippen LogP contribution in [0, 0.1) is 0 Å². The van der Waals surface area contributed by atoms with Gasteiger partial charge in [0.25, 0.3) is 0 Å². The first kappa shape index (κ1) is 39.1. The number of nitrogens with two attached hydrogens (primary N) is 1. The number of aromatic nitrogens is 6. The zero-order valence-corrected chi connectivity index (χ0v) is 32.4. The highest BCUT2D eigenvalue weighted by atomic mass is 16.6. The molecule has 0 radical (unpaired) electrons. The molecule has 53 heavy (non-hydrogen) atoms. The fourth-order valence-corrected chi connectivity index (χ4v) is 6.23. The summed E-state index contributed by atoms with van der Waals surface area (Å²) in [5, 5.41) is 11.1. The Balaban J connectivity index is 0.000000211. The number of hydrogen-bond acceptors (Lipinski definition) is 11. The van der Waals surface area contributed by atoms with Gasteiger partial charge in [0.05, 0.1) is 23.8 Å². The lowest BCUT2D eigenvalue weighted by molar-refractivity contribution is 0.0187. The fourth-order valence-electron chi connectivity index (χ4n) is 6.23. The van der Waals surface area contributed by atoms with Crippen molar-refractivity contribution in [1.29, 1.82) is 0 Å². The minimum absolute atomic E-state index is 0.0327. The Hall–Kier alpha value is -5.15. The molecule has 2 atom stereocenters. The maximum atomic E-state index is 12.5. The second-order valence-electron chi connectivity index (χ2n) is 16.5. The molecule has 2 aliphatic rings. The number of carbonyl (C=O) groups is 3. The van der Waals surface area contributed by atoms with Crippen molar-refractivity contribution < 1.29 is 28.6 Å². The molecule has 6 heterocycles. The van der Waals surface area contributed by atoms with Gasteiger partial charge in [0, 0.05) is 62.3 Å². The summed E-state index contributed by atoms with van der Waals surface area (Å²) in [6, 6.07) is 7.25. The first-order chi connectivity index (χ1) is 24.7. The van der Waals surface area contributed by atoms with Gasteiger partial charge in [0.15, 0.2) is 11.3 Å². The molecular weight excluding hydrogens is 680 g/mol. The molecule has 0 aliphatic carbocycles. The van der Waals surface area contributed by atoms with Crippen LogP contribution in [0.25, 0.3) is 11.3 Å². The molecule has 3 amide bonds. The highest BCUT2D eigenvalue weighted by Gasteiger charge is 2.31. The summed E-state index contributed by atoms with van der Waals surface area (Å²) in [5.74, 6) is 1.23. The summed E-state index contributed by atoms with van der Waals surface area (Å²) >= 11 is 0. The van der Waals surface area contributed by atoms with Crippen LogP contribution < -0.4 is 11.1 Å². The topological polar surface area (TPSA) is 184 Å². The Morgan fingerprint density at radius 1 is 0.698 bits per heavy atom. The van der Waals surface area contributed by atoms with E-state index in [1.807, 2.05) is 53.7 Å². The molecule has 4 aromatic heterocycles. The third-order valence-corrected chi connectivity index (χ3v) is 8.40. The van der Waals surface area contributed by atoms with E-state index >= 15 is 0 Å². The van der Waals surface area contributed by atoms with Crippen molar-refractivity contribution in [2.75, 3.05) is 37.2 Å². The van der Waals surface area contributed by atoms with Crippen molar-refractivity contribution in [2.24, 2.45) is 0 Å². The zero-order valence-electron chi connectivity index (χ0n) is 32.4. The van der Waals surface area contributed by atoms with Crippen LogP contribution in [0.3, 0.4) is 0 Å². The Morgan fingerprint density at radius 2 is 1.15 bits per heavy atom. The molecule has 2 fully saturated rings. The predicted molar refractivity (Wildman–Crippen MR) is 200 cm³/mol. The normalized spacial score (nSPS) is 18.3. The Bertz CT molecular complexity index is 1920. The van der Waals surface area contributed by atoms with Crippen molar-refractivity contribution in [1.82, 2.24) is 39.0 Å². The number of rotatable bonds is 3. The van der Waals surface area contributed by atoms with Gasteiger partial charge >= 0.3 is 18.3 Å². The number of nitrogens with zero attached hydrogens (tertiary/aromatic N) is 8. The van der Waals surface area contributed by atoms with Gasteiger partial charge in [-0.1, -0.05) is 0 Å². The Kier molecular flexibility index (Phi) is 11.4. The van der Waals surface area contributed by atoms with Crippen molar-refractivity contribution in [3.05, 3.63) is 48.0 Å². The van der Waals surface area contributed by atoms with E-state index in [1.165, 1.54) is 0 Å². The Morgan fingerprint density at radius 3 is 1.64 bits per heavy atom. The lowest BCUT2D eigenvalue weighted by Crippen LogP contribution is -2.42. The van der Waals surface area contributed by atoms with E-state index in [0.717, 1.165) is 49.3 Å². The second kappa shape index (κ2) is 15.4. The quantitative estimate of drug-likeness (QED) is 0.216. The molecule has 16 heteroatoms. The average molecular weight is 735 g/mol. The molecule has 2 saturated heterocycles. The average Bonchev–Trinajstić information content (AvgIpc) is 3.73. The Labute approximate surface area is 310 Å². The second-order valence-corrected chi connectivity index (χ2v) is 16.5. The number of fused-ring (bicyclic) bond motifs is 2. The van der Waals surface area contributed by atoms with Crippen LogP contribution in [-0.2, 0) is 14.2 Å². The van der Waals surface area contributed by atoms with E-state index < -0.39 is 22.9 Å². The van der Waals surface area contributed by atoms with Crippen LogP contribution in [0.2, 0.25) is 0 Å². The fraction of sp³-hybridized carbons (Fsp3) is 0.595. The maximum absolute atomic E-state index is 12.5. The summed E-state index contributed by atoms with van der Waals surface area (Å²) < 4.78 is 19.5. The number of anilines is 2. The van der Waals surface area contributed by atoms with Crippen LogP contribution >= 0.6 is 0 Å². The minimum atomic E-state index is -0.611. The number of piperidine rings is 2. The number of amides is 3. The van der Waals surface area contributed by atoms with Crippen LogP contribution in [0.1, 0.15) is 111 Å². The van der Waals surface area contributed by atoms with Crippen molar-refractivity contribution >= 4 is 41.2 Å². The number of carbonyl (C=O) groups excluding carboxylic acids is 3. The van der Waals surface area contributed by atoms with Crippen LogP contribution in [0.4, 0.5) is 26.0 Å². The predicted octanol–water partition coefficient (Wildman–Crippen LogP) is 6.62. The molecule has 4 aromatic rings. The van der Waals surface area contributed by atoms with Crippen molar-refractivity contribution in [3.8, 4) is 0 Å². The van der Waals surface area contributed by atoms with Gasteiger partial charge in [0.2, 0.25) is 0 Å². The molecule has 3 N–H and O–H groups in total. The zero-order chi connectivity index (χ0) is 38.7. The van der Waals surface area contributed by atoms with Gasteiger partial charge in [0.1, 0.15) is 28.4 Å². The number of nitrogens with one attached hydrogen (secondary N) is 1. The molecule has 0 saturated carbocycles. The molecule has 0 aromatic carbocycles. The molecule has 0 bridgehead atoms. The number of hydrogen-bond donors (Lipinski definition) is 2. The highest BCUT2D eigenvalue weighted by Crippen LogP contribution is 2.30. The number of likely N-dealkylation sites (tertiary alicyclic amines) is 2. The molecule has 6 rings (SSSR count). The van der Waals surface area contributed by atoms with Gasteiger partial charge in [-0.2, -0.15) is 19.2 Å². The van der Waals surface area contributed by atoms with Gasteiger partial charge in [-0.25, -0.2) is 24.4 Å². The van der Waals surface area contributed by atoms with E-state index in [-0.39, 0.29) is 24.0 Å². The number of ether oxygens (including phenoxy) is 3. The standard InChI is InChI=1S/C21H31N5O4.C16H23N5O2/c1-20(2,3)29-18(27)24-17-12-15(23-16-9-10-22-26(16)17)14-8-7-11-25(13-14)19(28)30-21(4,5)6;1-16(2,3)23-15(22)20-8-4-5-11(10-20)12-9-13(17)21-14(19-12)6-7-18-21/h9-10,12,14H,7-8,11,13H2,1-6H3,(H,24,27);6-7,9,11H,4-5,8,10,17H2,1-3H3. The van der Waals surface area contributed by atoms with Crippen LogP contribution in [0.5, 0.6) is 0 Å². The largest absolute Gasteiger partial charge is 0.444 e. The van der Waals surface area contributed by atoms with Crippen molar-refractivity contribution in [2.45, 2.75) is 117 Å². The van der Waals surface area contributed by atoms with E-state index in [2.05, 4.69) is 20.5 Å². The van der Waals surface area contributed by atoms with Gasteiger partial charge in [-0.15, -0.1) is 0 Å².